The van der Waals surface area contributed by atoms with Gasteiger partial charge < -0.3 is 5.73 Å². The molecule has 0 aliphatic carbocycles. The van der Waals surface area contributed by atoms with Gasteiger partial charge in [0.25, 0.3) is 0 Å². The maximum Gasteiger partial charge on any atom is 0.00462 e. The Kier molecular flexibility index (Phi) is 6.03. The van der Waals surface area contributed by atoms with Gasteiger partial charge in [-0.05, 0) is 25.2 Å². The van der Waals surface area contributed by atoms with Gasteiger partial charge in [-0.2, -0.15) is 0 Å². The fourth-order valence-electron chi connectivity index (χ4n) is 0.985. The van der Waals surface area contributed by atoms with E-state index in [1.54, 1.807) is 0 Å². The fraction of sp³-hybridized carbons (Fsp3) is 0.500. The summed E-state index contributed by atoms with van der Waals surface area (Å²) in [6.45, 7) is 10.1. The molecule has 1 heteroatoms. The summed E-state index contributed by atoms with van der Waals surface area (Å²) >= 11 is 0. The molecule has 0 rings (SSSR count). The molecule has 1 unspecified atom stereocenters. The molecule has 0 amide bonds. The average molecular weight is 179 g/mol. The van der Waals surface area contributed by atoms with Crippen LogP contribution in [0, 0.1) is 11.8 Å². The summed E-state index contributed by atoms with van der Waals surface area (Å²) in [6, 6.07) is 0. The summed E-state index contributed by atoms with van der Waals surface area (Å²) in [5, 5.41) is 0. The standard InChI is InChI=1S/C12H21N/c1-5-11(8-7-10(3)4)9-12(13)6-2/h5-8,10-11H,1,9,13H2,2-4H3/b8-7-,12-6+. The zero-order valence-electron chi connectivity index (χ0n) is 8.96. The lowest BCUT2D eigenvalue weighted by Crippen LogP contribution is -2.02. The lowest BCUT2D eigenvalue weighted by Gasteiger charge is -2.07. The van der Waals surface area contributed by atoms with Crippen molar-refractivity contribution in [3.8, 4) is 0 Å². The van der Waals surface area contributed by atoms with Crippen LogP contribution in [-0.2, 0) is 0 Å². The van der Waals surface area contributed by atoms with Crippen molar-refractivity contribution in [2.24, 2.45) is 17.6 Å². The van der Waals surface area contributed by atoms with Gasteiger partial charge >= 0.3 is 0 Å². The molecule has 0 bridgehead atoms. The van der Waals surface area contributed by atoms with E-state index < -0.39 is 0 Å². The van der Waals surface area contributed by atoms with Gasteiger partial charge in [0, 0.05) is 5.70 Å². The smallest absolute Gasteiger partial charge is 0.00462 e. The van der Waals surface area contributed by atoms with Crippen LogP contribution in [0.1, 0.15) is 27.2 Å². The minimum absolute atomic E-state index is 0.374. The van der Waals surface area contributed by atoms with Gasteiger partial charge in [-0.15, -0.1) is 6.58 Å². The van der Waals surface area contributed by atoms with E-state index in [1.807, 2.05) is 19.1 Å². The maximum atomic E-state index is 5.74. The Labute approximate surface area is 82.0 Å². The first-order chi connectivity index (χ1) is 6.10. The Balaban J connectivity index is 4.12. The third-order valence-corrected chi connectivity index (χ3v) is 1.89. The van der Waals surface area contributed by atoms with Gasteiger partial charge in [-0.3, -0.25) is 0 Å². The number of hydrogen-bond donors (Lipinski definition) is 1. The van der Waals surface area contributed by atoms with Crippen molar-refractivity contribution in [2.75, 3.05) is 0 Å². The SMILES string of the molecule is C=CC(/C=C\C(C)C)C/C(N)=C\C. The molecule has 1 atom stereocenters. The molecule has 0 fully saturated rings. The Morgan fingerprint density at radius 1 is 1.38 bits per heavy atom. The number of nitrogens with two attached hydrogens (primary N) is 1. The number of rotatable bonds is 5. The largest absolute Gasteiger partial charge is 0.402 e. The van der Waals surface area contributed by atoms with Crippen molar-refractivity contribution in [1.82, 2.24) is 0 Å². The third kappa shape index (κ3) is 6.21. The summed E-state index contributed by atoms with van der Waals surface area (Å²) in [5.74, 6) is 0.966. The summed E-state index contributed by atoms with van der Waals surface area (Å²) in [5.41, 5.74) is 6.66. The van der Waals surface area contributed by atoms with Crippen molar-refractivity contribution in [1.29, 1.82) is 0 Å². The first kappa shape index (κ1) is 12.0. The molecule has 0 spiro atoms. The quantitative estimate of drug-likeness (QED) is 0.644. The maximum absolute atomic E-state index is 5.74. The fourth-order valence-corrected chi connectivity index (χ4v) is 0.985. The van der Waals surface area contributed by atoms with Crippen molar-refractivity contribution < 1.29 is 0 Å². The van der Waals surface area contributed by atoms with Gasteiger partial charge in [-0.25, -0.2) is 0 Å². The van der Waals surface area contributed by atoms with E-state index in [2.05, 4.69) is 32.6 Å². The second kappa shape index (κ2) is 6.53. The average Bonchev–Trinajstić information content (AvgIpc) is 2.11. The predicted molar refractivity (Wildman–Crippen MR) is 60.2 cm³/mol. The minimum Gasteiger partial charge on any atom is -0.402 e. The Bertz CT molecular complexity index is 199. The van der Waals surface area contributed by atoms with E-state index in [1.165, 1.54) is 0 Å². The molecule has 13 heavy (non-hydrogen) atoms. The van der Waals surface area contributed by atoms with Crippen LogP contribution in [0.25, 0.3) is 0 Å². The summed E-state index contributed by atoms with van der Waals surface area (Å²) in [7, 11) is 0. The second-order valence-corrected chi connectivity index (χ2v) is 3.60. The van der Waals surface area contributed by atoms with Gasteiger partial charge in [0.05, 0.1) is 0 Å². The lowest BCUT2D eigenvalue weighted by atomic mass is 10.0. The van der Waals surface area contributed by atoms with Crippen molar-refractivity contribution >= 4 is 0 Å². The molecule has 0 aliphatic rings. The molecule has 74 valence electrons. The molecule has 0 radical (unpaired) electrons. The van der Waals surface area contributed by atoms with Crippen LogP contribution in [-0.4, -0.2) is 0 Å². The zero-order valence-corrected chi connectivity index (χ0v) is 8.96. The number of allylic oxidation sites excluding steroid dienone is 5. The van der Waals surface area contributed by atoms with Crippen LogP contribution in [0.15, 0.2) is 36.6 Å². The van der Waals surface area contributed by atoms with Crippen LogP contribution in [0.5, 0.6) is 0 Å². The van der Waals surface area contributed by atoms with Gasteiger partial charge in [0.15, 0.2) is 0 Å². The van der Waals surface area contributed by atoms with Crippen molar-refractivity contribution in [3.05, 3.63) is 36.6 Å². The van der Waals surface area contributed by atoms with E-state index in [0.29, 0.717) is 11.8 Å². The molecule has 1 nitrogen and oxygen atoms in total. The van der Waals surface area contributed by atoms with E-state index >= 15 is 0 Å². The molecule has 2 N–H and O–H groups in total. The number of hydrogen-bond acceptors (Lipinski definition) is 1. The van der Waals surface area contributed by atoms with Crippen LogP contribution in [0.4, 0.5) is 0 Å². The molecule has 0 aliphatic heterocycles. The molecule has 0 saturated carbocycles. The van der Waals surface area contributed by atoms with E-state index in [4.69, 9.17) is 5.73 Å². The zero-order chi connectivity index (χ0) is 10.3. The predicted octanol–water partition coefficient (Wildman–Crippen LogP) is 3.25. The molecule has 0 aromatic rings. The first-order valence-corrected chi connectivity index (χ1v) is 4.81. The van der Waals surface area contributed by atoms with Crippen molar-refractivity contribution in [2.45, 2.75) is 27.2 Å². The normalized spacial score (nSPS) is 15.2. The topological polar surface area (TPSA) is 26.0 Å². The van der Waals surface area contributed by atoms with Crippen LogP contribution in [0.2, 0.25) is 0 Å². The van der Waals surface area contributed by atoms with Gasteiger partial charge in [0.2, 0.25) is 0 Å². The highest BCUT2D eigenvalue weighted by Crippen LogP contribution is 2.12. The molecule has 0 saturated heterocycles. The van der Waals surface area contributed by atoms with Gasteiger partial charge in [0.1, 0.15) is 0 Å². The van der Waals surface area contributed by atoms with Gasteiger partial charge in [-0.1, -0.05) is 38.2 Å². The summed E-state index contributed by atoms with van der Waals surface area (Å²) < 4.78 is 0. The van der Waals surface area contributed by atoms with Crippen LogP contribution in [0.3, 0.4) is 0 Å². The highest BCUT2D eigenvalue weighted by Gasteiger charge is 2.00. The Morgan fingerprint density at radius 3 is 2.38 bits per heavy atom. The summed E-state index contributed by atoms with van der Waals surface area (Å²) in [4.78, 5) is 0. The first-order valence-electron chi connectivity index (χ1n) is 4.81. The monoisotopic (exact) mass is 179 g/mol. The Hall–Kier alpha value is -0.980. The van der Waals surface area contributed by atoms with E-state index in [9.17, 15) is 0 Å². The lowest BCUT2D eigenvalue weighted by molar-refractivity contribution is 0.759. The Morgan fingerprint density at radius 2 is 2.00 bits per heavy atom. The molecular formula is C12H21N. The third-order valence-electron chi connectivity index (χ3n) is 1.89. The second-order valence-electron chi connectivity index (χ2n) is 3.60. The molecule has 0 aromatic carbocycles. The van der Waals surface area contributed by atoms with Crippen LogP contribution < -0.4 is 5.73 Å². The minimum atomic E-state index is 0.374. The molecule has 0 heterocycles. The molecule has 0 aromatic heterocycles. The van der Waals surface area contributed by atoms with E-state index in [-0.39, 0.29) is 0 Å². The van der Waals surface area contributed by atoms with E-state index in [0.717, 1.165) is 12.1 Å². The van der Waals surface area contributed by atoms with Crippen molar-refractivity contribution in [3.63, 3.8) is 0 Å². The summed E-state index contributed by atoms with van der Waals surface area (Å²) in [6.07, 6.45) is 9.13. The highest BCUT2D eigenvalue weighted by molar-refractivity contribution is 5.06. The highest BCUT2D eigenvalue weighted by atomic mass is 14.6. The molecular weight excluding hydrogens is 158 g/mol. The van der Waals surface area contributed by atoms with Crippen LogP contribution >= 0.6 is 0 Å².